The summed E-state index contributed by atoms with van der Waals surface area (Å²) in [6, 6.07) is 0.295. The molecule has 2 amide bonds. The highest BCUT2D eigenvalue weighted by Gasteiger charge is 2.23. The van der Waals surface area contributed by atoms with Crippen molar-refractivity contribution in [1.29, 1.82) is 0 Å². The maximum atomic E-state index is 11.9. The molecule has 1 fully saturated rings. The molecule has 1 aliphatic heterocycles. The molecule has 0 aromatic carbocycles. The molecule has 0 radical (unpaired) electrons. The predicted molar refractivity (Wildman–Crippen MR) is 75.8 cm³/mol. The number of nitrogens with one attached hydrogen (secondary N) is 3. The maximum absolute atomic E-state index is 11.9. The Balaban J connectivity index is 2.21. The minimum Gasteiger partial charge on any atom is -0.354 e. The third-order valence-corrected chi connectivity index (χ3v) is 3.10. The van der Waals surface area contributed by atoms with Crippen LogP contribution in [0.2, 0.25) is 0 Å². The number of rotatable bonds is 4. The van der Waals surface area contributed by atoms with E-state index in [2.05, 4.69) is 22.9 Å². The zero-order valence-corrected chi connectivity index (χ0v) is 12.5. The van der Waals surface area contributed by atoms with E-state index in [1.165, 1.54) is 0 Å². The van der Waals surface area contributed by atoms with Crippen LogP contribution in [-0.2, 0) is 9.59 Å². The highest BCUT2D eigenvalue weighted by atomic mass is 16.2. The normalized spacial score (nSPS) is 23.8. The van der Waals surface area contributed by atoms with Gasteiger partial charge in [0.25, 0.3) is 0 Å². The first-order chi connectivity index (χ1) is 8.78. The zero-order valence-electron chi connectivity index (χ0n) is 12.5. The summed E-state index contributed by atoms with van der Waals surface area (Å²) in [6.45, 7) is 8.31. The van der Waals surface area contributed by atoms with Gasteiger partial charge in [0.15, 0.2) is 0 Å². The highest BCUT2D eigenvalue weighted by molar-refractivity contribution is 5.83. The van der Waals surface area contributed by atoms with E-state index < -0.39 is 0 Å². The van der Waals surface area contributed by atoms with E-state index in [-0.39, 0.29) is 23.4 Å². The van der Waals surface area contributed by atoms with Crippen LogP contribution < -0.4 is 16.0 Å². The number of hydrogen-bond acceptors (Lipinski definition) is 3. The van der Waals surface area contributed by atoms with Crippen LogP contribution in [0, 0.1) is 0 Å². The average molecular weight is 269 g/mol. The Morgan fingerprint density at radius 2 is 1.95 bits per heavy atom. The van der Waals surface area contributed by atoms with Gasteiger partial charge in [0.05, 0.1) is 6.04 Å². The summed E-state index contributed by atoms with van der Waals surface area (Å²) < 4.78 is 0. The van der Waals surface area contributed by atoms with Crippen molar-refractivity contribution in [1.82, 2.24) is 16.0 Å². The predicted octanol–water partition coefficient (Wildman–Crippen LogP) is 0.938. The van der Waals surface area contributed by atoms with Gasteiger partial charge in [0, 0.05) is 24.5 Å². The molecule has 0 aromatic heterocycles. The Kier molecular flexibility index (Phi) is 5.79. The standard InChI is InChI=1S/C14H27N3O2/c1-10-6-5-7-11(16-10)13(19)15-9-8-12(18)17-14(2,3)4/h10-11,16H,5-9H2,1-4H3,(H,15,19)(H,17,18). The van der Waals surface area contributed by atoms with Crippen LogP contribution in [0.25, 0.3) is 0 Å². The number of carbonyl (C=O) groups is 2. The van der Waals surface area contributed by atoms with Crippen LogP contribution >= 0.6 is 0 Å². The van der Waals surface area contributed by atoms with Gasteiger partial charge in [-0.25, -0.2) is 0 Å². The van der Waals surface area contributed by atoms with Gasteiger partial charge in [-0.15, -0.1) is 0 Å². The molecule has 5 nitrogen and oxygen atoms in total. The van der Waals surface area contributed by atoms with Crippen LogP contribution in [0.3, 0.4) is 0 Å². The smallest absolute Gasteiger partial charge is 0.237 e. The topological polar surface area (TPSA) is 70.2 Å². The molecule has 1 saturated heterocycles. The first-order valence-corrected chi connectivity index (χ1v) is 7.13. The van der Waals surface area contributed by atoms with E-state index in [0.717, 1.165) is 19.3 Å². The number of carbonyl (C=O) groups excluding carboxylic acids is 2. The molecule has 5 heteroatoms. The zero-order chi connectivity index (χ0) is 14.5. The van der Waals surface area contributed by atoms with Gasteiger partial charge in [-0.2, -0.15) is 0 Å². The van der Waals surface area contributed by atoms with Crippen molar-refractivity contribution >= 4 is 11.8 Å². The van der Waals surface area contributed by atoms with Crippen molar-refractivity contribution < 1.29 is 9.59 Å². The highest BCUT2D eigenvalue weighted by Crippen LogP contribution is 2.12. The molecule has 110 valence electrons. The Bertz CT molecular complexity index is 323. The first-order valence-electron chi connectivity index (χ1n) is 7.13. The summed E-state index contributed by atoms with van der Waals surface area (Å²) in [5.74, 6) is -0.0205. The Hall–Kier alpha value is -1.10. The maximum Gasteiger partial charge on any atom is 0.237 e. The van der Waals surface area contributed by atoms with Gasteiger partial charge in [-0.1, -0.05) is 0 Å². The van der Waals surface area contributed by atoms with Crippen LogP contribution in [0.4, 0.5) is 0 Å². The lowest BCUT2D eigenvalue weighted by Crippen LogP contribution is -2.50. The van der Waals surface area contributed by atoms with Gasteiger partial charge in [-0.05, 0) is 47.0 Å². The second-order valence-electron chi connectivity index (χ2n) is 6.39. The molecule has 1 aliphatic rings. The minimum absolute atomic E-state index is 0.00936. The lowest BCUT2D eigenvalue weighted by Gasteiger charge is -2.27. The summed E-state index contributed by atoms with van der Waals surface area (Å²) in [6.07, 6.45) is 3.41. The average Bonchev–Trinajstić information content (AvgIpc) is 2.26. The number of hydrogen-bond donors (Lipinski definition) is 3. The second-order valence-corrected chi connectivity index (χ2v) is 6.39. The monoisotopic (exact) mass is 269 g/mol. The lowest BCUT2D eigenvalue weighted by molar-refractivity contribution is -0.124. The summed E-state index contributed by atoms with van der Waals surface area (Å²) in [7, 11) is 0. The molecule has 19 heavy (non-hydrogen) atoms. The second kappa shape index (κ2) is 6.89. The molecule has 0 aromatic rings. The van der Waals surface area contributed by atoms with E-state index in [4.69, 9.17) is 0 Å². The lowest BCUT2D eigenvalue weighted by atomic mass is 9.99. The van der Waals surface area contributed by atoms with Gasteiger partial charge >= 0.3 is 0 Å². The first kappa shape index (κ1) is 16.0. The molecular formula is C14H27N3O2. The molecule has 0 bridgehead atoms. The largest absolute Gasteiger partial charge is 0.354 e. The molecule has 2 atom stereocenters. The molecule has 0 aliphatic carbocycles. The van der Waals surface area contributed by atoms with E-state index in [0.29, 0.717) is 19.0 Å². The summed E-state index contributed by atoms with van der Waals surface area (Å²) in [4.78, 5) is 23.5. The van der Waals surface area contributed by atoms with Crippen molar-refractivity contribution in [2.75, 3.05) is 6.54 Å². The summed E-state index contributed by atoms with van der Waals surface area (Å²) in [5.41, 5.74) is -0.221. The SMILES string of the molecule is CC1CCCC(C(=O)NCCC(=O)NC(C)(C)C)N1. The Morgan fingerprint density at radius 3 is 2.53 bits per heavy atom. The van der Waals surface area contributed by atoms with Crippen molar-refractivity contribution in [2.24, 2.45) is 0 Å². The third kappa shape index (κ3) is 6.57. The summed E-state index contributed by atoms with van der Waals surface area (Å²) >= 11 is 0. The number of amides is 2. The van der Waals surface area contributed by atoms with Crippen LogP contribution in [0.15, 0.2) is 0 Å². The van der Waals surface area contributed by atoms with Crippen LogP contribution in [-0.4, -0.2) is 36.0 Å². The fourth-order valence-electron chi connectivity index (χ4n) is 2.25. The molecule has 1 heterocycles. The quantitative estimate of drug-likeness (QED) is 0.711. The van der Waals surface area contributed by atoms with Crippen molar-refractivity contribution in [3.63, 3.8) is 0 Å². The van der Waals surface area contributed by atoms with Gasteiger partial charge in [-0.3, -0.25) is 9.59 Å². The van der Waals surface area contributed by atoms with E-state index in [1.54, 1.807) is 0 Å². The van der Waals surface area contributed by atoms with E-state index in [9.17, 15) is 9.59 Å². The van der Waals surface area contributed by atoms with E-state index >= 15 is 0 Å². The molecule has 0 spiro atoms. The minimum atomic E-state index is -0.221. The van der Waals surface area contributed by atoms with Crippen LogP contribution in [0.1, 0.15) is 53.4 Å². The van der Waals surface area contributed by atoms with Crippen molar-refractivity contribution in [3.8, 4) is 0 Å². The molecule has 2 unspecified atom stereocenters. The fraction of sp³-hybridized carbons (Fsp3) is 0.857. The van der Waals surface area contributed by atoms with Crippen molar-refractivity contribution in [3.05, 3.63) is 0 Å². The van der Waals surface area contributed by atoms with Gasteiger partial charge < -0.3 is 16.0 Å². The van der Waals surface area contributed by atoms with Crippen molar-refractivity contribution in [2.45, 2.75) is 71.0 Å². The van der Waals surface area contributed by atoms with E-state index in [1.807, 2.05) is 20.8 Å². The fourth-order valence-corrected chi connectivity index (χ4v) is 2.25. The molecule has 0 saturated carbocycles. The molecular weight excluding hydrogens is 242 g/mol. The Morgan fingerprint density at radius 1 is 1.26 bits per heavy atom. The number of piperidine rings is 1. The van der Waals surface area contributed by atoms with Gasteiger partial charge in [0.1, 0.15) is 0 Å². The summed E-state index contributed by atoms with van der Waals surface area (Å²) in [5, 5.41) is 8.98. The molecule has 3 N–H and O–H groups in total. The van der Waals surface area contributed by atoms with Gasteiger partial charge in [0.2, 0.25) is 11.8 Å². The Labute approximate surface area is 115 Å². The van der Waals surface area contributed by atoms with Crippen LogP contribution in [0.5, 0.6) is 0 Å². The third-order valence-electron chi connectivity index (χ3n) is 3.10. The molecule has 1 rings (SSSR count).